The van der Waals surface area contributed by atoms with E-state index in [0.29, 0.717) is 0 Å². The monoisotopic (exact) mass is 205 g/mol. The van der Waals surface area contributed by atoms with Gasteiger partial charge >= 0.3 is 0 Å². The minimum absolute atomic E-state index is 1.07. The lowest BCUT2D eigenvalue weighted by molar-refractivity contribution is 0.578. The van der Waals surface area contributed by atoms with E-state index in [1.54, 1.807) is 0 Å². The summed E-state index contributed by atoms with van der Waals surface area (Å²) < 4.78 is 0. The number of nitrogens with two attached hydrogens (primary N) is 1. The van der Waals surface area contributed by atoms with Gasteiger partial charge in [-0.15, -0.1) is 0 Å². The molecule has 1 saturated heterocycles. The summed E-state index contributed by atoms with van der Waals surface area (Å²) >= 11 is 0. The van der Waals surface area contributed by atoms with Crippen molar-refractivity contribution < 1.29 is 0 Å². The minimum atomic E-state index is 1.07. The molecule has 0 amide bonds. The largest absolute Gasteiger partial charge is 0.370 e. The molecule has 15 heavy (non-hydrogen) atoms. The lowest BCUT2D eigenvalue weighted by Gasteiger charge is -2.30. The van der Waals surface area contributed by atoms with Crippen LogP contribution in [0.5, 0.6) is 0 Å². The summed E-state index contributed by atoms with van der Waals surface area (Å²) in [4.78, 5) is 2.42. The average molecular weight is 205 g/mol. The highest BCUT2D eigenvalue weighted by atomic mass is 15.2. The van der Waals surface area contributed by atoms with E-state index >= 15 is 0 Å². The number of piperidine rings is 1. The molecular weight excluding hydrogens is 186 g/mol. The highest BCUT2D eigenvalue weighted by Crippen LogP contribution is 2.30. The highest BCUT2D eigenvalue weighted by molar-refractivity contribution is 5.73. The van der Waals surface area contributed by atoms with Gasteiger partial charge in [0.15, 0.2) is 0 Å². The molecule has 1 aromatic rings. The van der Waals surface area contributed by atoms with Gasteiger partial charge in [0.1, 0.15) is 0 Å². The Balaban J connectivity index is 2.29. The van der Waals surface area contributed by atoms with Crippen LogP contribution < -0.4 is 16.2 Å². The maximum absolute atomic E-state index is 5.58. The van der Waals surface area contributed by atoms with Crippen molar-refractivity contribution >= 4 is 11.4 Å². The fourth-order valence-electron chi connectivity index (χ4n) is 2.24. The van der Waals surface area contributed by atoms with Gasteiger partial charge in [-0.1, -0.05) is 12.1 Å². The highest BCUT2D eigenvalue weighted by Gasteiger charge is 2.14. The second kappa shape index (κ2) is 4.53. The van der Waals surface area contributed by atoms with Crippen molar-refractivity contribution in [3.05, 3.63) is 23.8 Å². The van der Waals surface area contributed by atoms with Gasteiger partial charge in [-0.25, -0.2) is 0 Å². The SMILES string of the molecule is Cc1cccc(N2CCCCC2)c1NN. The fraction of sp³-hybridized carbons (Fsp3) is 0.500. The van der Waals surface area contributed by atoms with E-state index in [2.05, 4.69) is 35.4 Å². The van der Waals surface area contributed by atoms with E-state index in [4.69, 9.17) is 5.84 Å². The summed E-state index contributed by atoms with van der Waals surface area (Å²) in [6.45, 7) is 4.39. The topological polar surface area (TPSA) is 41.3 Å². The Hall–Kier alpha value is -1.22. The van der Waals surface area contributed by atoms with Crippen molar-refractivity contribution in [3.63, 3.8) is 0 Å². The van der Waals surface area contributed by atoms with Crippen LogP contribution in [0.2, 0.25) is 0 Å². The number of hydrogen-bond acceptors (Lipinski definition) is 3. The van der Waals surface area contributed by atoms with Gasteiger partial charge in [-0.3, -0.25) is 5.84 Å². The van der Waals surface area contributed by atoms with Gasteiger partial charge in [0.25, 0.3) is 0 Å². The summed E-state index contributed by atoms with van der Waals surface area (Å²) in [7, 11) is 0. The molecule has 0 spiro atoms. The molecular formula is C12H19N3. The van der Waals surface area contributed by atoms with E-state index in [-0.39, 0.29) is 0 Å². The number of anilines is 2. The van der Waals surface area contributed by atoms with Crippen LogP contribution in [0.3, 0.4) is 0 Å². The van der Waals surface area contributed by atoms with Crippen LogP contribution in [0.1, 0.15) is 24.8 Å². The molecule has 0 bridgehead atoms. The molecule has 3 heteroatoms. The number of nitrogen functional groups attached to an aromatic ring is 1. The van der Waals surface area contributed by atoms with Crippen molar-refractivity contribution in [1.29, 1.82) is 0 Å². The molecule has 0 atom stereocenters. The number of hydrazine groups is 1. The van der Waals surface area contributed by atoms with Gasteiger partial charge in [0, 0.05) is 13.1 Å². The number of nitrogens with zero attached hydrogens (tertiary/aromatic N) is 1. The number of nitrogens with one attached hydrogen (secondary N) is 1. The first kappa shape index (κ1) is 10.3. The van der Waals surface area contributed by atoms with Gasteiger partial charge in [-0.2, -0.15) is 0 Å². The molecule has 2 rings (SSSR count). The number of benzene rings is 1. The standard InChI is InChI=1S/C12H19N3/c1-10-6-5-7-11(12(10)14-13)15-8-3-2-4-9-15/h5-7,14H,2-4,8-9,13H2,1H3. The fourth-order valence-corrected chi connectivity index (χ4v) is 2.24. The molecule has 82 valence electrons. The summed E-state index contributed by atoms with van der Waals surface area (Å²) in [5.41, 5.74) is 6.34. The van der Waals surface area contributed by atoms with Crippen molar-refractivity contribution in [2.24, 2.45) is 5.84 Å². The number of rotatable bonds is 2. The van der Waals surface area contributed by atoms with Crippen molar-refractivity contribution in [2.75, 3.05) is 23.4 Å². The Labute approximate surface area is 91.2 Å². The van der Waals surface area contributed by atoms with Gasteiger partial charge in [-0.05, 0) is 37.8 Å². The van der Waals surface area contributed by atoms with Crippen molar-refractivity contribution in [3.8, 4) is 0 Å². The lowest BCUT2D eigenvalue weighted by atomic mass is 10.1. The Kier molecular flexibility index (Phi) is 3.11. The van der Waals surface area contributed by atoms with Crippen LogP contribution in [-0.4, -0.2) is 13.1 Å². The molecule has 0 radical (unpaired) electrons. The minimum Gasteiger partial charge on any atom is -0.370 e. The van der Waals surface area contributed by atoms with Crippen LogP contribution in [0.25, 0.3) is 0 Å². The zero-order valence-electron chi connectivity index (χ0n) is 9.29. The summed E-state index contributed by atoms with van der Waals surface area (Å²) in [6, 6.07) is 6.33. The number of aryl methyl sites for hydroxylation is 1. The molecule has 0 unspecified atom stereocenters. The van der Waals surface area contributed by atoms with E-state index in [1.165, 1.54) is 30.5 Å². The maximum Gasteiger partial charge on any atom is 0.0749 e. The zero-order chi connectivity index (χ0) is 10.7. The Morgan fingerprint density at radius 1 is 1.20 bits per heavy atom. The van der Waals surface area contributed by atoms with Crippen LogP contribution in [-0.2, 0) is 0 Å². The van der Waals surface area contributed by atoms with Crippen molar-refractivity contribution in [2.45, 2.75) is 26.2 Å². The average Bonchev–Trinajstić information content (AvgIpc) is 2.30. The molecule has 1 aliphatic rings. The third kappa shape index (κ3) is 2.07. The normalized spacial score (nSPS) is 16.5. The van der Waals surface area contributed by atoms with Crippen LogP contribution in [0, 0.1) is 6.92 Å². The van der Waals surface area contributed by atoms with E-state index in [9.17, 15) is 0 Å². The first-order valence-corrected chi connectivity index (χ1v) is 5.64. The molecule has 1 heterocycles. The molecule has 3 nitrogen and oxygen atoms in total. The van der Waals surface area contributed by atoms with E-state index in [1.807, 2.05) is 0 Å². The number of hydrogen-bond donors (Lipinski definition) is 2. The predicted molar refractivity (Wildman–Crippen MR) is 65.1 cm³/mol. The molecule has 0 aromatic heterocycles. The second-order valence-corrected chi connectivity index (χ2v) is 4.16. The molecule has 1 aliphatic heterocycles. The van der Waals surface area contributed by atoms with Gasteiger partial charge in [0.05, 0.1) is 11.4 Å². The molecule has 1 aromatic carbocycles. The Bertz CT molecular complexity index is 330. The van der Waals surface area contributed by atoms with E-state index < -0.39 is 0 Å². The molecule has 3 N–H and O–H groups in total. The summed E-state index contributed by atoms with van der Waals surface area (Å²) in [6.07, 6.45) is 3.93. The van der Waals surface area contributed by atoms with Crippen LogP contribution in [0.15, 0.2) is 18.2 Å². The smallest absolute Gasteiger partial charge is 0.0749 e. The van der Waals surface area contributed by atoms with Crippen LogP contribution in [0.4, 0.5) is 11.4 Å². The summed E-state index contributed by atoms with van der Waals surface area (Å²) in [5, 5.41) is 0. The Morgan fingerprint density at radius 3 is 2.60 bits per heavy atom. The molecule has 0 aliphatic carbocycles. The van der Waals surface area contributed by atoms with Crippen molar-refractivity contribution in [1.82, 2.24) is 0 Å². The molecule has 1 fully saturated rings. The molecule has 0 saturated carbocycles. The Morgan fingerprint density at radius 2 is 1.93 bits per heavy atom. The summed E-state index contributed by atoms with van der Waals surface area (Å²) in [5.74, 6) is 5.58. The first-order valence-electron chi connectivity index (χ1n) is 5.64. The zero-order valence-corrected chi connectivity index (χ0v) is 9.29. The van der Waals surface area contributed by atoms with Gasteiger partial charge in [0.2, 0.25) is 0 Å². The predicted octanol–water partition coefficient (Wildman–Crippen LogP) is 2.27. The van der Waals surface area contributed by atoms with Gasteiger partial charge < -0.3 is 10.3 Å². The lowest BCUT2D eigenvalue weighted by Crippen LogP contribution is -2.30. The third-order valence-corrected chi connectivity index (χ3v) is 3.09. The first-order chi connectivity index (χ1) is 7.33. The van der Waals surface area contributed by atoms with Crippen LogP contribution >= 0.6 is 0 Å². The quantitative estimate of drug-likeness (QED) is 0.575. The third-order valence-electron chi connectivity index (χ3n) is 3.09. The second-order valence-electron chi connectivity index (χ2n) is 4.16. The number of para-hydroxylation sites is 1. The maximum atomic E-state index is 5.58. The van der Waals surface area contributed by atoms with E-state index in [0.717, 1.165) is 18.8 Å².